The quantitative estimate of drug-likeness (QED) is 0.887. The lowest BCUT2D eigenvalue weighted by Gasteiger charge is -2.28. The molecule has 1 amide bonds. The number of carbonyl (C=O) groups excluding carboxylic acids is 1. The lowest BCUT2D eigenvalue weighted by atomic mass is 10.1. The van der Waals surface area contributed by atoms with Gasteiger partial charge < -0.3 is 10.0 Å². The molecule has 0 aliphatic rings. The van der Waals surface area contributed by atoms with E-state index >= 15 is 0 Å². The zero-order chi connectivity index (χ0) is 17.2. The van der Waals surface area contributed by atoms with E-state index in [0.29, 0.717) is 18.0 Å². The molecule has 1 N–H and O–H groups in total. The van der Waals surface area contributed by atoms with E-state index in [-0.39, 0.29) is 12.5 Å². The van der Waals surface area contributed by atoms with Crippen molar-refractivity contribution in [2.75, 3.05) is 13.1 Å². The van der Waals surface area contributed by atoms with Gasteiger partial charge in [-0.2, -0.15) is 5.10 Å². The fraction of sp³-hybridized carbons (Fsp3) is 0.588. The third-order valence-corrected chi connectivity index (χ3v) is 3.51. The molecule has 0 fully saturated rings. The van der Waals surface area contributed by atoms with E-state index in [4.69, 9.17) is 0 Å². The number of nitrogens with zero attached hydrogens (tertiary/aromatic N) is 4. The lowest BCUT2D eigenvalue weighted by Crippen LogP contribution is -2.42. The maximum Gasteiger partial charge on any atom is 0.255 e. The molecule has 126 valence electrons. The number of likely N-dealkylation sites (N-methyl/N-ethyl adjacent to an activating group) is 1. The van der Waals surface area contributed by atoms with Gasteiger partial charge >= 0.3 is 0 Å². The smallest absolute Gasteiger partial charge is 0.255 e. The van der Waals surface area contributed by atoms with Gasteiger partial charge in [0.15, 0.2) is 5.65 Å². The van der Waals surface area contributed by atoms with Crippen LogP contribution in [0.3, 0.4) is 0 Å². The number of fused-ring (bicyclic) bond motifs is 1. The second-order valence-electron chi connectivity index (χ2n) is 6.99. The van der Waals surface area contributed by atoms with Crippen LogP contribution in [0.4, 0.5) is 0 Å². The van der Waals surface area contributed by atoms with Crippen molar-refractivity contribution in [2.24, 2.45) is 5.92 Å². The largest absolute Gasteiger partial charge is 0.389 e. The van der Waals surface area contributed by atoms with Crippen LogP contribution in [-0.4, -0.2) is 49.4 Å². The van der Waals surface area contributed by atoms with E-state index in [1.165, 1.54) is 0 Å². The van der Waals surface area contributed by atoms with Crippen molar-refractivity contribution in [1.82, 2.24) is 19.7 Å². The number of aliphatic hydroxyl groups is 1. The first-order valence-corrected chi connectivity index (χ1v) is 8.04. The molecule has 23 heavy (non-hydrogen) atoms. The topological polar surface area (TPSA) is 71.2 Å². The summed E-state index contributed by atoms with van der Waals surface area (Å²) in [4.78, 5) is 18.7. The van der Waals surface area contributed by atoms with Crippen LogP contribution in [-0.2, 0) is 6.54 Å². The van der Waals surface area contributed by atoms with Crippen LogP contribution in [0.5, 0.6) is 0 Å². The Bertz CT molecular complexity index is 685. The summed E-state index contributed by atoms with van der Waals surface area (Å²) in [5.74, 6) is 0.351. The zero-order valence-electron chi connectivity index (χ0n) is 14.6. The Morgan fingerprint density at radius 1 is 1.39 bits per heavy atom. The van der Waals surface area contributed by atoms with Crippen molar-refractivity contribution in [3.63, 3.8) is 0 Å². The van der Waals surface area contributed by atoms with Crippen LogP contribution in [0, 0.1) is 5.92 Å². The van der Waals surface area contributed by atoms with Gasteiger partial charge in [0.25, 0.3) is 5.91 Å². The van der Waals surface area contributed by atoms with Crippen LogP contribution in [0.25, 0.3) is 11.0 Å². The normalized spacial score (nSPS) is 12.1. The number of aromatic nitrogens is 3. The highest BCUT2D eigenvalue weighted by Gasteiger charge is 2.23. The molecule has 2 rings (SSSR count). The van der Waals surface area contributed by atoms with Gasteiger partial charge in [-0.25, -0.2) is 9.67 Å². The molecule has 2 aromatic rings. The predicted octanol–water partition coefficient (Wildman–Crippen LogP) is 2.32. The zero-order valence-corrected chi connectivity index (χ0v) is 14.6. The fourth-order valence-corrected chi connectivity index (χ4v) is 2.55. The van der Waals surface area contributed by atoms with Crippen LogP contribution in [0.1, 0.15) is 45.0 Å². The number of amides is 1. The standard InChI is InChI=1S/C17H26N4O2/c1-6-20(11-17(4,5)23)16(22)14-7-13-9-19-21(10-12(2)3)15(13)18-8-14/h7-9,12,23H,6,10-11H2,1-5H3. The third kappa shape index (κ3) is 4.28. The van der Waals surface area contributed by atoms with Gasteiger partial charge in [0.05, 0.1) is 17.4 Å². The highest BCUT2D eigenvalue weighted by atomic mass is 16.3. The van der Waals surface area contributed by atoms with E-state index in [9.17, 15) is 9.90 Å². The van der Waals surface area contributed by atoms with Crippen molar-refractivity contribution in [3.8, 4) is 0 Å². The third-order valence-electron chi connectivity index (χ3n) is 3.51. The van der Waals surface area contributed by atoms with E-state index in [2.05, 4.69) is 23.9 Å². The van der Waals surface area contributed by atoms with Crippen LogP contribution in [0.2, 0.25) is 0 Å². The first-order valence-electron chi connectivity index (χ1n) is 8.04. The summed E-state index contributed by atoms with van der Waals surface area (Å²) in [5.41, 5.74) is 0.388. The molecule has 0 aromatic carbocycles. The number of pyridine rings is 1. The average Bonchev–Trinajstić information content (AvgIpc) is 2.84. The predicted molar refractivity (Wildman–Crippen MR) is 90.2 cm³/mol. The molecule has 0 saturated carbocycles. The Morgan fingerprint density at radius 2 is 2.09 bits per heavy atom. The Kier molecular flexibility index (Phi) is 5.04. The molecule has 0 radical (unpaired) electrons. The highest BCUT2D eigenvalue weighted by Crippen LogP contribution is 2.16. The molecule has 0 spiro atoms. The Hall–Kier alpha value is -1.95. The number of hydrogen-bond donors (Lipinski definition) is 1. The summed E-state index contributed by atoms with van der Waals surface area (Å²) in [6.07, 6.45) is 3.34. The molecule has 0 unspecified atom stereocenters. The minimum atomic E-state index is -0.925. The Morgan fingerprint density at radius 3 is 2.65 bits per heavy atom. The van der Waals surface area contributed by atoms with Crippen LogP contribution in [0.15, 0.2) is 18.5 Å². The molecule has 0 aliphatic carbocycles. The fourth-order valence-electron chi connectivity index (χ4n) is 2.55. The van der Waals surface area contributed by atoms with E-state index < -0.39 is 5.60 Å². The minimum Gasteiger partial charge on any atom is -0.389 e. The summed E-state index contributed by atoms with van der Waals surface area (Å²) in [5, 5.41) is 15.2. The van der Waals surface area contributed by atoms with Crippen molar-refractivity contribution >= 4 is 16.9 Å². The lowest BCUT2D eigenvalue weighted by molar-refractivity contribution is 0.0314. The molecule has 2 heterocycles. The molecule has 2 aromatic heterocycles. The molecular formula is C17H26N4O2. The SMILES string of the molecule is CCN(CC(C)(C)O)C(=O)c1cnc2c(cnn2CC(C)C)c1. The van der Waals surface area contributed by atoms with Crippen molar-refractivity contribution in [2.45, 2.75) is 46.8 Å². The van der Waals surface area contributed by atoms with Crippen LogP contribution >= 0.6 is 0 Å². The number of carbonyl (C=O) groups is 1. The van der Waals surface area contributed by atoms with Gasteiger partial charge in [-0.1, -0.05) is 13.8 Å². The van der Waals surface area contributed by atoms with Crippen LogP contribution < -0.4 is 0 Å². The maximum atomic E-state index is 12.6. The summed E-state index contributed by atoms with van der Waals surface area (Å²) in [6.45, 7) is 11.2. The molecular weight excluding hydrogens is 292 g/mol. The first kappa shape index (κ1) is 17.4. The number of hydrogen-bond acceptors (Lipinski definition) is 4. The number of rotatable bonds is 6. The highest BCUT2D eigenvalue weighted by molar-refractivity contribution is 5.96. The van der Waals surface area contributed by atoms with Gasteiger partial charge in [-0.15, -0.1) is 0 Å². The summed E-state index contributed by atoms with van der Waals surface area (Å²) in [6, 6.07) is 1.82. The summed E-state index contributed by atoms with van der Waals surface area (Å²) >= 11 is 0. The van der Waals surface area contributed by atoms with Crippen molar-refractivity contribution in [1.29, 1.82) is 0 Å². The summed E-state index contributed by atoms with van der Waals surface area (Å²) in [7, 11) is 0. The van der Waals surface area contributed by atoms with Gasteiger partial charge in [0.1, 0.15) is 0 Å². The molecule has 0 aliphatic heterocycles. The van der Waals surface area contributed by atoms with Gasteiger partial charge in [0, 0.05) is 31.2 Å². The minimum absolute atomic E-state index is 0.124. The van der Waals surface area contributed by atoms with E-state index in [1.54, 1.807) is 31.1 Å². The molecule has 0 saturated heterocycles. The van der Waals surface area contributed by atoms with Gasteiger partial charge in [-0.3, -0.25) is 4.79 Å². The molecule has 6 heteroatoms. The van der Waals surface area contributed by atoms with Gasteiger partial charge in [-0.05, 0) is 32.8 Å². The second-order valence-corrected chi connectivity index (χ2v) is 6.99. The second kappa shape index (κ2) is 6.66. The Labute approximate surface area is 137 Å². The summed E-state index contributed by atoms with van der Waals surface area (Å²) < 4.78 is 1.86. The van der Waals surface area contributed by atoms with Crippen molar-refractivity contribution in [3.05, 3.63) is 24.0 Å². The first-order chi connectivity index (χ1) is 10.7. The average molecular weight is 318 g/mol. The molecule has 0 atom stereocenters. The maximum absolute atomic E-state index is 12.6. The van der Waals surface area contributed by atoms with Crippen molar-refractivity contribution < 1.29 is 9.90 Å². The van der Waals surface area contributed by atoms with E-state index in [1.807, 2.05) is 17.7 Å². The molecule has 0 bridgehead atoms. The molecule has 6 nitrogen and oxygen atoms in total. The monoisotopic (exact) mass is 318 g/mol. The van der Waals surface area contributed by atoms with E-state index in [0.717, 1.165) is 17.6 Å². The van der Waals surface area contributed by atoms with Gasteiger partial charge in [0.2, 0.25) is 0 Å². The Balaban J connectivity index is 2.27.